The van der Waals surface area contributed by atoms with Crippen LogP contribution < -0.4 is 10.1 Å². The molecule has 21 heavy (non-hydrogen) atoms. The number of aliphatic carboxylic acids is 1. The Morgan fingerprint density at radius 2 is 2.14 bits per heavy atom. The Labute approximate surface area is 123 Å². The summed E-state index contributed by atoms with van der Waals surface area (Å²) in [7, 11) is 1.52. The van der Waals surface area contributed by atoms with Crippen LogP contribution in [0.3, 0.4) is 0 Å². The number of para-hydroxylation sites is 2. The minimum Gasteiger partial charge on any atom is -0.495 e. The molecule has 0 unspecified atom stereocenters. The average molecular weight is 290 g/mol. The van der Waals surface area contributed by atoms with Crippen LogP contribution in [0.25, 0.3) is 0 Å². The highest BCUT2D eigenvalue weighted by Crippen LogP contribution is 2.22. The highest BCUT2D eigenvalue weighted by molar-refractivity contribution is 5.92. The molecule has 1 amide bonds. The van der Waals surface area contributed by atoms with Crippen LogP contribution in [0.5, 0.6) is 5.75 Å². The Balaban J connectivity index is 2.53. The van der Waals surface area contributed by atoms with Gasteiger partial charge in [-0.05, 0) is 12.1 Å². The third-order valence-corrected chi connectivity index (χ3v) is 2.71. The fourth-order valence-electron chi connectivity index (χ4n) is 1.75. The summed E-state index contributed by atoms with van der Waals surface area (Å²) in [5.41, 5.74) is 0.576. The number of methoxy groups -OCH3 is 1. The molecule has 0 aromatic heterocycles. The van der Waals surface area contributed by atoms with Crippen molar-refractivity contribution in [3.8, 4) is 18.1 Å². The number of carboxylic acids is 1. The van der Waals surface area contributed by atoms with Gasteiger partial charge in [0.2, 0.25) is 5.91 Å². The molecule has 0 aliphatic rings. The van der Waals surface area contributed by atoms with Gasteiger partial charge in [-0.3, -0.25) is 14.5 Å². The van der Waals surface area contributed by atoms with Crippen molar-refractivity contribution in [3.63, 3.8) is 0 Å². The summed E-state index contributed by atoms with van der Waals surface area (Å²) in [5, 5.41) is 11.5. The largest absolute Gasteiger partial charge is 0.495 e. The van der Waals surface area contributed by atoms with Gasteiger partial charge < -0.3 is 15.2 Å². The van der Waals surface area contributed by atoms with E-state index in [9.17, 15) is 9.59 Å². The molecule has 0 aliphatic carbocycles. The number of nitrogens with one attached hydrogen (secondary N) is 1. The van der Waals surface area contributed by atoms with Gasteiger partial charge in [0.25, 0.3) is 0 Å². The number of terminal acetylenes is 1. The van der Waals surface area contributed by atoms with Crippen molar-refractivity contribution < 1.29 is 19.4 Å². The van der Waals surface area contributed by atoms with Crippen molar-refractivity contribution >= 4 is 17.6 Å². The smallest absolute Gasteiger partial charge is 0.317 e. The van der Waals surface area contributed by atoms with E-state index in [0.717, 1.165) is 0 Å². The van der Waals surface area contributed by atoms with E-state index < -0.39 is 5.97 Å². The molecule has 0 saturated carbocycles. The lowest BCUT2D eigenvalue weighted by Crippen LogP contribution is -2.33. The van der Waals surface area contributed by atoms with Crippen LogP contribution in [0.1, 0.15) is 6.42 Å². The highest BCUT2D eigenvalue weighted by atomic mass is 16.5. The van der Waals surface area contributed by atoms with E-state index in [4.69, 9.17) is 16.3 Å². The predicted molar refractivity (Wildman–Crippen MR) is 79.1 cm³/mol. The number of amides is 1. The van der Waals surface area contributed by atoms with Gasteiger partial charge in [-0.2, -0.15) is 0 Å². The molecule has 2 N–H and O–H groups in total. The van der Waals surface area contributed by atoms with Gasteiger partial charge in [0.15, 0.2) is 0 Å². The van der Waals surface area contributed by atoms with Crippen LogP contribution in [0.4, 0.5) is 5.69 Å². The average Bonchev–Trinajstić information content (AvgIpc) is 2.45. The predicted octanol–water partition coefficient (Wildman–Crippen LogP) is 1.04. The lowest BCUT2D eigenvalue weighted by molar-refractivity contribution is -0.138. The molecule has 1 rings (SSSR count). The summed E-state index contributed by atoms with van der Waals surface area (Å²) < 4.78 is 5.13. The highest BCUT2D eigenvalue weighted by Gasteiger charge is 2.12. The molecule has 0 heterocycles. The molecule has 6 nitrogen and oxygen atoms in total. The van der Waals surface area contributed by atoms with Gasteiger partial charge in [0, 0.05) is 13.0 Å². The Kier molecular flexibility index (Phi) is 6.78. The molecular formula is C15H18N2O4. The van der Waals surface area contributed by atoms with Gasteiger partial charge in [-0.1, -0.05) is 18.1 Å². The Bertz CT molecular complexity index is 537. The maximum absolute atomic E-state index is 11.9. The number of carboxylic acid groups (broad SMARTS) is 1. The normalized spacial score (nSPS) is 9.95. The number of hydrogen-bond donors (Lipinski definition) is 2. The zero-order chi connectivity index (χ0) is 15.7. The van der Waals surface area contributed by atoms with Crippen molar-refractivity contribution in [1.82, 2.24) is 4.90 Å². The van der Waals surface area contributed by atoms with E-state index in [-0.39, 0.29) is 32.0 Å². The number of carbonyl (C=O) groups is 2. The zero-order valence-electron chi connectivity index (χ0n) is 11.8. The second kappa shape index (κ2) is 8.61. The number of ether oxygens (including phenoxy) is 1. The van der Waals surface area contributed by atoms with Crippen molar-refractivity contribution in [2.75, 3.05) is 32.1 Å². The first kappa shape index (κ1) is 16.5. The third-order valence-electron chi connectivity index (χ3n) is 2.71. The number of carbonyl (C=O) groups excluding carboxylic acids is 1. The molecule has 0 saturated heterocycles. The van der Waals surface area contributed by atoms with Crippen molar-refractivity contribution in [2.24, 2.45) is 0 Å². The minimum absolute atomic E-state index is 0.146. The molecule has 0 spiro atoms. The first-order chi connectivity index (χ1) is 10.1. The van der Waals surface area contributed by atoms with Crippen LogP contribution in [0.15, 0.2) is 24.3 Å². The summed E-state index contributed by atoms with van der Waals surface area (Å²) in [4.78, 5) is 24.1. The molecule has 0 fully saturated rings. The fourth-order valence-corrected chi connectivity index (χ4v) is 1.75. The second-order valence-electron chi connectivity index (χ2n) is 4.31. The summed E-state index contributed by atoms with van der Waals surface area (Å²) >= 11 is 0. The number of nitrogens with zero attached hydrogens (tertiary/aromatic N) is 1. The van der Waals surface area contributed by atoms with E-state index in [1.165, 1.54) is 12.0 Å². The molecule has 0 aliphatic heterocycles. The van der Waals surface area contributed by atoms with Gasteiger partial charge in [-0.25, -0.2) is 0 Å². The number of rotatable bonds is 8. The maximum atomic E-state index is 11.9. The molecule has 1 aromatic carbocycles. The molecule has 112 valence electrons. The van der Waals surface area contributed by atoms with E-state index >= 15 is 0 Å². The molecular weight excluding hydrogens is 272 g/mol. The van der Waals surface area contributed by atoms with E-state index in [1.54, 1.807) is 24.3 Å². The van der Waals surface area contributed by atoms with Crippen LogP contribution in [-0.2, 0) is 9.59 Å². The Morgan fingerprint density at radius 3 is 2.76 bits per heavy atom. The maximum Gasteiger partial charge on any atom is 0.317 e. The molecule has 6 heteroatoms. The molecule has 0 atom stereocenters. The second-order valence-corrected chi connectivity index (χ2v) is 4.31. The van der Waals surface area contributed by atoms with Crippen LogP contribution in [-0.4, -0.2) is 48.6 Å². The monoisotopic (exact) mass is 290 g/mol. The minimum atomic E-state index is -0.976. The molecule has 0 radical (unpaired) electrons. The van der Waals surface area contributed by atoms with E-state index in [0.29, 0.717) is 11.4 Å². The lowest BCUT2D eigenvalue weighted by Gasteiger charge is -2.17. The van der Waals surface area contributed by atoms with Gasteiger partial charge >= 0.3 is 5.97 Å². The number of hydrogen-bond acceptors (Lipinski definition) is 4. The number of anilines is 1. The van der Waals surface area contributed by atoms with Crippen LogP contribution >= 0.6 is 0 Å². The summed E-state index contributed by atoms with van der Waals surface area (Å²) in [6.45, 7) is 0.276. The van der Waals surface area contributed by atoms with Crippen LogP contribution in [0, 0.1) is 12.3 Å². The van der Waals surface area contributed by atoms with Gasteiger partial charge in [-0.15, -0.1) is 6.42 Å². The number of benzene rings is 1. The zero-order valence-corrected chi connectivity index (χ0v) is 11.8. The van der Waals surface area contributed by atoms with Gasteiger partial charge in [0.05, 0.1) is 25.9 Å². The van der Waals surface area contributed by atoms with Crippen molar-refractivity contribution in [3.05, 3.63) is 24.3 Å². The fraction of sp³-hybridized carbons (Fsp3) is 0.333. The van der Waals surface area contributed by atoms with Crippen molar-refractivity contribution in [2.45, 2.75) is 6.42 Å². The topological polar surface area (TPSA) is 78.9 Å². The Hall–Kier alpha value is -2.52. The standard InChI is InChI=1S/C15H18N2O4/c1-3-9-17(11-15(19)20)10-8-14(18)16-12-6-4-5-7-13(12)21-2/h1,4-7H,8-11H2,2H3,(H,16,18)(H,19,20). The SMILES string of the molecule is C#CCN(CCC(=O)Nc1ccccc1OC)CC(=O)O. The van der Waals surface area contributed by atoms with Crippen molar-refractivity contribution in [1.29, 1.82) is 0 Å². The molecule has 0 bridgehead atoms. The summed E-state index contributed by atoms with van der Waals surface area (Å²) in [6.07, 6.45) is 5.32. The van der Waals surface area contributed by atoms with Gasteiger partial charge in [0.1, 0.15) is 5.75 Å². The Morgan fingerprint density at radius 1 is 1.43 bits per heavy atom. The van der Waals surface area contributed by atoms with Crippen LogP contribution in [0.2, 0.25) is 0 Å². The molecule has 1 aromatic rings. The first-order valence-corrected chi connectivity index (χ1v) is 6.37. The lowest BCUT2D eigenvalue weighted by atomic mass is 10.2. The van der Waals surface area contributed by atoms with E-state index in [2.05, 4.69) is 11.2 Å². The summed E-state index contributed by atoms with van der Waals surface area (Å²) in [6, 6.07) is 7.06. The summed E-state index contributed by atoms with van der Waals surface area (Å²) in [5.74, 6) is 1.74. The quantitative estimate of drug-likeness (QED) is 0.699. The third kappa shape index (κ3) is 5.97. The first-order valence-electron chi connectivity index (χ1n) is 6.37. The van der Waals surface area contributed by atoms with E-state index in [1.807, 2.05) is 0 Å².